The van der Waals surface area contributed by atoms with Crippen LogP contribution in [-0.4, -0.2) is 81.7 Å². The van der Waals surface area contributed by atoms with Gasteiger partial charge < -0.3 is 20.4 Å². The van der Waals surface area contributed by atoms with Crippen LogP contribution in [0.3, 0.4) is 0 Å². The molecule has 4 aliphatic heterocycles. The molecule has 0 bridgehead atoms. The van der Waals surface area contributed by atoms with Gasteiger partial charge in [0.2, 0.25) is 0 Å². The van der Waals surface area contributed by atoms with Gasteiger partial charge in [0.1, 0.15) is 0 Å². The lowest BCUT2D eigenvalue weighted by molar-refractivity contribution is -0.159. The molecule has 0 saturated carbocycles. The third-order valence-corrected chi connectivity index (χ3v) is 6.93. The molecule has 4 saturated heterocycles. The zero-order valence-electron chi connectivity index (χ0n) is 15.3. The van der Waals surface area contributed by atoms with Crippen LogP contribution in [0.1, 0.15) is 38.5 Å². The number of carbonyl (C=O) groups is 2. The Morgan fingerprint density at radius 1 is 1.15 bits per heavy atom. The first-order valence-electron chi connectivity index (χ1n) is 9.59. The van der Waals surface area contributed by atoms with E-state index in [9.17, 15) is 0 Å². The maximum atomic E-state index is 9.10. The average Bonchev–Trinajstić information content (AvgIpc) is 2.63. The minimum absolute atomic E-state index is 0.610. The van der Waals surface area contributed by atoms with Crippen LogP contribution in [0.5, 0.6) is 0 Å². The molecule has 26 heavy (non-hydrogen) atoms. The lowest BCUT2D eigenvalue weighted by Crippen LogP contribution is -2.67. The smallest absolute Gasteiger partial charge is 0.414 e. The summed E-state index contributed by atoms with van der Waals surface area (Å²) in [6.07, 6.45) is 8.04. The predicted octanol–water partition coefficient (Wildman–Crippen LogP) is 1.03. The molecule has 0 aromatic rings. The molecule has 4 heterocycles. The third-order valence-electron chi connectivity index (χ3n) is 6.53. The fourth-order valence-electron chi connectivity index (χ4n) is 5.51. The van der Waals surface area contributed by atoms with Crippen LogP contribution in [0, 0.1) is 11.8 Å². The number of hydrogen-bond donors (Lipinski definition) is 3. The Kier molecular flexibility index (Phi) is 6.14. The van der Waals surface area contributed by atoms with Crippen molar-refractivity contribution in [1.82, 2.24) is 15.1 Å². The highest BCUT2D eigenvalue weighted by Crippen LogP contribution is 2.44. The number of hydrogen-bond acceptors (Lipinski definition) is 5. The second-order valence-corrected chi connectivity index (χ2v) is 8.36. The molecule has 8 heteroatoms. The molecule has 146 valence electrons. The summed E-state index contributed by atoms with van der Waals surface area (Å²) in [6.45, 7) is 3.95. The highest BCUT2D eigenvalue weighted by molar-refractivity contribution is 7.80. The SMILES string of the molecule is CNC1CC(=S)N2C[C@@H]3CCCN4CCC[C@@H]([C@H]34)[C@H]2C1.O=C(O)C(=O)O. The van der Waals surface area contributed by atoms with Gasteiger partial charge in [-0.3, -0.25) is 4.90 Å². The molecule has 0 spiro atoms. The van der Waals surface area contributed by atoms with E-state index in [-0.39, 0.29) is 0 Å². The minimum Gasteiger partial charge on any atom is -0.473 e. The molecule has 1 unspecified atom stereocenters. The lowest BCUT2D eigenvalue weighted by atomic mass is 9.67. The second kappa shape index (κ2) is 8.19. The summed E-state index contributed by atoms with van der Waals surface area (Å²) in [5.74, 6) is -1.89. The maximum absolute atomic E-state index is 9.10. The van der Waals surface area contributed by atoms with E-state index in [1.54, 1.807) is 0 Å². The van der Waals surface area contributed by atoms with E-state index >= 15 is 0 Å². The Hall–Kier alpha value is -1.25. The van der Waals surface area contributed by atoms with Gasteiger partial charge in [-0.1, -0.05) is 12.2 Å². The van der Waals surface area contributed by atoms with E-state index in [1.807, 2.05) is 0 Å². The Morgan fingerprint density at radius 3 is 2.42 bits per heavy atom. The van der Waals surface area contributed by atoms with Crippen molar-refractivity contribution in [2.75, 3.05) is 26.7 Å². The van der Waals surface area contributed by atoms with Crippen molar-refractivity contribution in [3.05, 3.63) is 0 Å². The van der Waals surface area contributed by atoms with Crippen LogP contribution < -0.4 is 5.32 Å². The van der Waals surface area contributed by atoms with Gasteiger partial charge in [0.15, 0.2) is 0 Å². The van der Waals surface area contributed by atoms with E-state index in [4.69, 9.17) is 32.0 Å². The number of carboxylic acids is 2. The first kappa shape index (κ1) is 19.5. The topological polar surface area (TPSA) is 93.1 Å². The molecular formula is C18H29N3O4S. The van der Waals surface area contributed by atoms with Gasteiger partial charge in [-0.15, -0.1) is 0 Å². The third kappa shape index (κ3) is 3.87. The Morgan fingerprint density at radius 2 is 1.81 bits per heavy atom. The summed E-state index contributed by atoms with van der Waals surface area (Å²) in [5, 5.41) is 18.3. The van der Waals surface area contributed by atoms with Crippen LogP contribution >= 0.6 is 12.2 Å². The number of nitrogens with zero attached hydrogens (tertiary/aromatic N) is 2. The standard InChI is InChI=1S/C16H27N3S.C2H2O4/c1-17-12-8-14-13-5-3-7-18-6-2-4-11(16(13)18)10-19(14)15(20)9-12;3-1(4)2(5)6/h11-14,16-17H,2-10H2,1H3;(H,3,4)(H,5,6)/t11-,12?,13+,14+,16-;/m0./s1. The Labute approximate surface area is 159 Å². The van der Waals surface area contributed by atoms with E-state index in [1.165, 1.54) is 56.7 Å². The summed E-state index contributed by atoms with van der Waals surface area (Å²) in [4.78, 5) is 24.9. The van der Waals surface area contributed by atoms with Gasteiger partial charge in [0.25, 0.3) is 0 Å². The summed E-state index contributed by atoms with van der Waals surface area (Å²) < 4.78 is 0. The molecule has 0 radical (unpaired) electrons. The van der Waals surface area contributed by atoms with Gasteiger partial charge >= 0.3 is 11.9 Å². The van der Waals surface area contributed by atoms with Crippen molar-refractivity contribution in [2.24, 2.45) is 11.8 Å². The van der Waals surface area contributed by atoms with Gasteiger partial charge in [-0.05, 0) is 64.1 Å². The van der Waals surface area contributed by atoms with Crippen molar-refractivity contribution in [3.8, 4) is 0 Å². The van der Waals surface area contributed by atoms with Crippen LogP contribution in [0.2, 0.25) is 0 Å². The van der Waals surface area contributed by atoms with Crippen molar-refractivity contribution in [1.29, 1.82) is 0 Å². The predicted molar refractivity (Wildman–Crippen MR) is 101 cm³/mol. The number of nitrogens with one attached hydrogen (secondary N) is 1. The van der Waals surface area contributed by atoms with Gasteiger partial charge in [0.05, 0.1) is 4.99 Å². The molecule has 5 atom stereocenters. The van der Waals surface area contributed by atoms with Crippen LogP contribution in [0.4, 0.5) is 0 Å². The number of carboxylic acid groups (broad SMARTS) is 2. The minimum atomic E-state index is -1.82. The van der Waals surface area contributed by atoms with Crippen LogP contribution in [0.25, 0.3) is 0 Å². The van der Waals surface area contributed by atoms with Crippen molar-refractivity contribution >= 4 is 29.1 Å². The number of fused-ring (bicyclic) bond motifs is 2. The molecule has 4 rings (SSSR count). The normalized spacial score (nSPS) is 36.3. The van der Waals surface area contributed by atoms with Crippen molar-refractivity contribution < 1.29 is 19.8 Å². The van der Waals surface area contributed by atoms with Gasteiger partial charge in [0, 0.05) is 31.1 Å². The monoisotopic (exact) mass is 383 g/mol. The molecule has 0 amide bonds. The summed E-state index contributed by atoms with van der Waals surface area (Å²) in [6, 6.07) is 2.20. The first-order chi connectivity index (χ1) is 12.4. The summed E-state index contributed by atoms with van der Waals surface area (Å²) >= 11 is 5.76. The van der Waals surface area contributed by atoms with Crippen molar-refractivity contribution in [2.45, 2.75) is 56.7 Å². The highest BCUT2D eigenvalue weighted by Gasteiger charge is 2.50. The number of rotatable bonds is 1. The van der Waals surface area contributed by atoms with Crippen molar-refractivity contribution in [3.63, 3.8) is 0 Å². The van der Waals surface area contributed by atoms with Crippen LogP contribution in [0.15, 0.2) is 0 Å². The molecule has 4 aliphatic rings. The summed E-state index contributed by atoms with van der Waals surface area (Å²) in [5.41, 5.74) is 0. The maximum Gasteiger partial charge on any atom is 0.414 e. The highest BCUT2D eigenvalue weighted by atomic mass is 32.1. The first-order valence-corrected chi connectivity index (χ1v) is 10.00. The fourth-order valence-corrected chi connectivity index (χ4v) is 5.92. The second-order valence-electron chi connectivity index (χ2n) is 7.88. The molecule has 7 nitrogen and oxygen atoms in total. The molecule has 0 aromatic heterocycles. The Balaban J connectivity index is 0.000000286. The molecule has 4 fully saturated rings. The zero-order valence-corrected chi connectivity index (χ0v) is 16.1. The van der Waals surface area contributed by atoms with Crippen LogP contribution in [-0.2, 0) is 9.59 Å². The van der Waals surface area contributed by atoms with E-state index in [2.05, 4.69) is 22.2 Å². The largest absolute Gasteiger partial charge is 0.473 e. The molecule has 3 N–H and O–H groups in total. The number of thiocarbonyl (C=S) groups is 1. The Bertz CT molecular complexity index is 559. The number of piperidine rings is 4. The fraction of sp³-hybridized carbons (Fsp3) is 0.833. The van der Waals surface area contributed by atoms with Gasteiger partial charge in [-0.25, -0.2) is 9.59 Å². The molecule has 0 aromatic carbocycles. The van der Waals surface area contributed by atoms with E-state index in [0.717, 1.165) is 30.3 Å². The quantitative estimate of drug-likeness (QED) is 0.457. The lowest BCUT2D eigenvalue weighted by Gasteiger charge is -2.60. The van der Waals surface area contributed by atoms with E-state index < -0.39 is 11.9 Å². The van der Waals surface area contributed by atoms with E-state index in [0.29, 0.717) is 6.04 Å². The number of aliphatic carboxylic acids is 2. The molecular weight excluding hydrogens is 354 g/mol. The average molecular weight is 384 g/mol. The molecule has 0 aliphatic carbocycles. The summed E-state index contributed by atoms with van der Waals surface area (Å²) in [7, 11) is 2.10. The zero-order chi connectivity index (χ0) is 18.8. The van der Waals surface area contributed by atoms with Gasteiger partial charge in [-0.2, -0.15) is 0 Å².